The van der Waals surface area contributed by atoms with Gasteiger partial charge in [0, 0.05) is 39.9 Å². The van der Waals surface area contributed by atoms with Crippen molar-refractivity contribution >= 4 is 5.91 Å². The molecule has 0 N–H and O–H groups in total. The van der Waals surface area contributed by atoms with Crippen LogP contribution in [0.5, 0.6) is 0 Å². The van der Waals surface area contributed by atoms with Crippen LogP contribution in [0, 0.1) is 11.6 Å². The highest BCUT2D eigenvalue weighted by Gasteiger charge is 2.37. The number of aromatic nitrogens is 3. The van der Waals surface area contributed by atoms with Crippen molar-refractivity contribution in [1.82, 2.24) is 19.9 Å². The molecule has 134 valence electrons. The lowest BCUT2D eigenvalue weighted by atomic mass is 10.0. The van der Waals surface area contributed by atoms with Gasteiger partial charge in [0.05, 0.1) is 17.7 Å². The van der Waals surface area contributed by atoms with Crippen LogP contribution in [0.3, 0.4) is 0 Å². The average Bonchev–Trinajstić information content (AvgIpc) is 3.21. The Balaban J connectivity index is 1.64. The molecule has 1 fully saturated rings. The largest absolute Gasteiger partial charge is 0.379 e. The molecule has 2 atom stereocenters. The zero-order chi connectivity index (χ0) is 18.0. The van der Waals surface area contributed by atoms with Crippen molar-refractivity contribution in [2.45, 2.75) is 24.9 Å². The molecule has 0 saturated carbocycles. The van der Waals surface area contributed by atoms with Crippen LogP contribution in [0.4, 0.5) is 8.78 Å². The van der Waals surface area contributed by atoms with E-state index in [9.17, 15) is 13.6 Å². The Kier molecular flexibility index (Phi) is 5.08. The minimum absolute atomic E-state index is 0.0476. The summed E-state index contributed by atoms with van der Waals surface area (Å²) in [6, 6.07) is 4.00. The fourth-order valence-electron chi connectivity index (χ4n) is 3.18. The molecule has 3 rings (SSSR count). The molecule has 2 heterocycles. The summed E-state index contributed by atoms with van der Waals surface area (Å²) in [5.41, 5.74) is 0.988. The highest BCUT2D eigenvalue weighted by molar-refractivity contribution is 5.77. The van der Waals surface area contributed by atoms with Crippen molar-refractivity contribution in [2.75, 3.05) is 20.2 Å². The summed E-state index contributed by atoms with van der Waals surface area (Å²) in [5.74, 6) is -1.94. The summed E-state index contributed by atoms with van der Waals surface area (Å²) in [6.45, 7) is 0.921. The molecule has 1 saturated heterocycles. The van der Waals surface area contributed by atoms with Gasteiger partial charge in [0.15, 0.2) is 11.6 Å². The molecular formula is C17H20F2N4O2. The van der Waals surface area contributed by atoms with E-state index in [1.807, 2.05) is 6.20 Å². The number of halogens is 2. The third-order valence-electron chi connectivity index (χ3n) is 4.56. The van der Waals surface area contributed by atoms with E-state index in [2.05, 4.69) is 10.3 Å². The molecule has 1 amide bonds. The minimum atomic E-state index is -0.895. The van der Waals surface area contributed by atoms with Crippen molar-refractivity contribution < 1.29 is 18.3 Å². The maximum Gasteiger partial charge on any atom is 0.223 e. The van der Waals surface area contributed by atoms with Gasteiger partial charge in [-0.25, -0.2) is 8.78 Å². The Morgan fingerprint density at radius 2 is 2.16 bits per heavy atom. The number of aryl methyl sites for hydroxylation is 2. The van der Waals surface area contributed by atoms with Gasteiger partial charge in [-0.05, 0) is 18.1 Å². The van der Waals surface area contributed by atoms with Crippen molar-refractivity contribution in [2.24, 2.45) is 7.05 Å². The molecule has 1 aromatic carbocycles. The first-order valence-electron chi connectivity index (χ1n) is 8.09. The monoisotopic (exact) mass is 350 g/mol. The second kappa shape index (κ2) is 7.26. The van der Waals surface area contributed by atoms with Crippen molar-refractivity contribution in [3.8, 4) is 0 Å². The van der Waals surface area contributed by atoms with Gasteiger partial charge in [-0.3, -0.25) is 9.48 Å². The van der Waals surface area contributed by atoms with E-state index >= 15 is 0 Å². The number of benzene rings is 1. The summed E-state index contributed by atoms with van der Waals surface area (Å²) in [7, 11) is 3.38. The van der Waals surface area contributed by atoms with Crippen LogP contribution >= 0.6 is 0 Å². The molecule has 1 aliphatic rings. The van der Waals surface area contributed by atoms with E-state index in [-0.39, 0.29) is 36.3 Å². The van der Waals surface area contributed by atoms with Gasteiger partial charge in [-0.15, -0.1) is 5.10 Å². The molecule has 2 aromatic rings. The number of hydrogen-bond donors (Lipinski definition) is 0. The quantitative estimate of drug-likeness (QED) is 0.823. The number of nitrogens with zero attached hydrogens (tertiary/aromatic N) is 4. The lowest BCUT2D eigenvalue weighted by Gasteiger charge is -2.16. The van der Waals surface area contributed by atoms with Crippen LogP contribution in [0.1, 0.15) is 23.6 Å². The Morgan fingerprint density at radius 1 is 1.36 bits per heavy atom. The zero-order valence-corrected chi connectivity index (χ0v) is 14.2. The van der Waals surface area contributed by atoms with E-state index in [1.165, 1.54) is 12.1 Å². The molecular weight excluding hydrogens is 330 g/mol. The van der Waals surface area contributed by atoms with Gasteiger partial charge in [0.25, 0.3) is 0 Å². The summed E-state index contributed by atoms with van der Waals surface area (Å²) in [5, 5.41) is 8.03. The lowest BCUT2D eigenvalue weighted by Crippen LogP contribution is -2.30. The van der Waals surface area contributed by atoms with E-state index in [4.69, 9.17) is 4.74 Å². The first-order valence-corrected chi connectivity index (χ1v) is 8.09. The molecule has 25 heavy (non-hydrogen) atoms. The summed E-state index contributed by atoms with van der Waals surface area (Å²) in [6.07, 6.45) is 1.93. The molecule has 1 aliphatic heterocycles. The SMILES string of the molecule is CO[C@@H]1CN(C(=O)CCc2cccc(F)c2F)C[C@H]1c1cn(C)nn1. The average molecular weight is 350 g/mol. The summed E-state index contributed by atoms with van der Waals surface area (Å²) >= 11 is 0. The second-order valence-electron chi connectivity index (χ2n) is 6.21. The predicted molar refractivity (Wildman–Crippen MR) is 85.8 cm³/mol. The second-order valence-corrected chi connectivity index (χ2v) is 6.21. The number of carbonyl (C=O) groups is 1. The van der Waals surface area contributed by atoms with Crippen LogP contribution in [0.15, 0.2) is 24.4 Å². The third-order valence-corrected chi connectivity index (χ3v) is 4.56. The number of likely N-dealkylation sites (tertiary alicyclic amines) is 1. The van der Waals surface area contributed by atoms with Crippen LogP contribution in [0.25, 0.3) is 0 Å². The highest BCUT2D eigenvalue weighted by Crippen LogP contribution is 2.28. The molecule has 0 unspecified atom stereocenters. The molecule has 0 bridgehead atoms. The van der Waals surface area contributed by atoms with Crippen molar-refractivity contribution in [3.63, 3.8) is 0 Å². The topological polar surface area (TPSA) is 60.2 Å². The van der Waals surface area contributed by atoms with Crippen molar-refractivity contribution in [3.05, 3.63) is 47.3 Å². The summed E-state index contributed by atoms with van der Waals surface area (Å²) in [4.78, 5) is 14.2. The Hall–Kier alpha value is -2.35. The molecule has 8 heteroatoms. The fraction of sp³-hybridized carbons (Fsp3) is 0.471. The Bertz CT molecular complexity index is 765. The molecule has 0 aliphatic carbocycles. The fourth-order valence-corrected chi connectivity index (χ4v) is 3.18. The first-order chi connectivity index (χ1) is 12.0. The number of amides is 1. The normalized spacial score (nSPS) is 20.2. The first kappa shape index (κ1) is 17.5. The Morgan fingerprint density at radius 3 is 2.84 bits per heavy atom. The van der Waals surface area contributed by atoms with Gasteiger partial charge < -0.3 is 9.64 Å². The van der Waals surface area contributed by atoms with Crippen molar-refractivity contribution in [1.29, 1.82) is 0 Å². The van der Waals surface area contributed by atoms with Crippen LogP contribution in [0.2, 0.25) is 0 Å². The summed E-state index contributed by atoms with van der Waals surface area (Å²) < 4.78 is 34.0. The maximum atomic E-state index is 13.7. The molecule has 6 nitrogen and oxygen atoms in total. The Labute approximate surface area is 144 Å². The minimum Gasteiger partial charge on any atom is -0.379 e. The highest BCUT2D eigenvalue weighted by atomic mass is 19.2. The van der Waals surface area contributed by atoms with Gasteiger partial charge in [-0.2, -0.15) is 0 Å². The van der Waals surface area contributed by atoms with Crippen LogP contribution in [-0.2, 0) is 23.0 Å². The number of hydrogen-bond acceptors (Lipinski definition) is 4. The third kappa shape index (κ3) is 3.68. The maximum absolute atomic E-state index is 13.7. The van der Waals surface area contributed by atoms with E-state index in [1.54, 1.807) is 23.7 Å². The van der Waals surface area contributed by atoms with Gasteiger partial charge in [0.2, 0.25) is 5.91 Å². The predicted octanol–water partition coefficient (Wildman–Crippen LogP) is 1.67. The molecule has 0 radical (unpaired) electrons. The number of methoxy groups -OCH3 is 1. The smallest absolute Gasteiger partial charge is 0.223 e. The number of ether oxygens (including phenoxy) is 1. The standard InChI is InChI=1S/C17H20F2N4O2/c1-22-9-14(20-21-22)12-8-23(10-15(12)25-2)16(24)7-6-11-4-3-5-13(18)17(11)19/h3-5,9,12,15H,6-8,10H2,1-2H3/t12-,15+/m0/s1. The van der Waals surface area contributed by atoms with Gasteiger partial charge in [0.1, 0.15) is 0 Å². The molecule has 0 spiro atoms. The van der Waals surface area contributed by atoms with Crippen LogP contribution in [-0.4, -0.2) is 52.1 Å². The van der Waals surface area contributed by atoms with E-state index < -0.39 is 11.6 Å². The van der Waals surface area contributed by atoms with E-state index in [0.717, 1.165) is 11.8 Å². The lowest BCUT2D eigenvalue weighted by molar-refractivity contribution is -0.130. The van der Waals surface area contributed by atoms with E-state index in [0.29, 0.717) is 13.1 Å². The molecule has 1 aromatic heterocycles. The zero-order valence-electron chi connectivity index (χ0n) is 14.2. The van der Waals surface area contributed by atoms with Crippen LogP contribution < -0.4 is 0 Å². The van der Waals surface area contributed by atoms with Gasteiger partial charge >= 0.3 is 0 Å². The van der Waals surface area contributed by atoms with Gasteiger partial charge in [-0.1, -0.05) is 17.3 Å². The number of carbonyl (C=O) groups excluding carboxylic acids is 1. The number of rotatable bonds is 5.